The van der Waals surface area contributed by atoms with E-state index >= 15 is 0 Å². The number of hydrogen-bond acceptors (Lipinski definition) is 6. The summed E-state index contributed by atoms with van der Waals surface area (Å²) in [6.45, 7) is 0. The highest BCUT2D eigenvalue weighted by Crippen LogP contribution is 2.35. The van der Waals surface area contributed by atoms with E-state index in [0.29, 0.717) is 22.1 Å². The van der Waals surface area contributed by atoms with Crippen molar-refractivity contribution >= 4 is 32.5 Å². The Balaban J connectivity index is 2.17. The van der Waals surface area contributed by atoms with E-state index in [1.54, 1.807) is 24.3 Å². The average Bonchev–Trinajstić information content (AvgIpc) is 2.83. The summed E-state index contributed by atoms with van der Waals surface area (Å²) >= 11 is 5.97. The molecule has 33 heavy (non-hydrogen) atoms. The summed E-state index contributed by atoms with van der Waals surface area (Å²) in [6, 6.07) is 16.9. The number of rotatable bonds is 6. The summed E-state index contributed by atoms with van der Waals surface area (Å²) in [7, 11) is 0.220. The lowest BCUT2D eigenvalue weighted by atomic mass is 10.1. The fraction of sp³-hybridized carbons (Fsp3) is 0.125. The Morgan fingerprint density at radius 2 is 1.42 bits per heavy atom. The average molecular weight is 486 g/mol. The highest BCUT2D eigenvalue weighted by atomic mass is 35.5. The first kappa shape index (κ1) is 22.7. The predicted molar refractivity (Wildman–Crippen MR) is 127 cm³/mol. The van der Waals surface area contributed by atoms with Crippen LogP contribution in [0.25, 0.3) is 22.2 Å². The van der Waals surface area contributed by atoms with Crippen LogP contribution in [0.15, 0.2) is 76.4 Å². The van der Waals surface area contributed by atoms with Crippen LogP contribution in [0.2, 0.25) is 5.02 Å². The molecule has 0 amide bonds. The monoisotopic (exact) mass is 485 g/mol. The molecule has 0 fully saturated rings. The van der Waals surface area contributed by atoms with Gasteiger partial charge >= 0.3 is 0 Å². The van der Waals surface area contributed by atoms with Crippen LogP contribution in [0, 0.1) is 0 Å². The molecule has 0 aliphatic carbocycles. The fourth-order valence-corrected chi connectivity index (χ4v) is 5.22. The first-order valence-electron chi connectivity index (χ1n) is 9.77. The fourth-order valence-electron chi connectivity index (χ4n) is 3.58. The molecule has 0 atom stereocenters. The lowest BCUT2D eigenvalue weighted by Gasteiger charge is -2.19. The van der Waals surface area contributed by atoms with Gasteiger partial charge < -0.3 is 14.2 Å². The molecule has 0 N–H and O–H groups in total. The van der Waals surface area contributed by atoms with Crippen LogP contribution in [-0.2, 0) is 10.0 Å². The van der Waals surface area contributed by atoms with E-state index in [1.807, 2.05) is 0 Å². The van der Waals surface area contributed by atoms with E-state index in [2.05, 4.69) is 0 Å². The third kappa shape index (κ3) is 4.03. The standard InChI is InChI=1S/C24H20ClNO6S/c1-30-17-8-4-15(5-9-17)20-14-22(27)24-21(12-18(31-2)13-23(24)32-3)26(20)33(28,29)19-10-6-16(25)7-11-19/h4-14H,1-3H3. The van der Waals surface area contributed by atoms with Gasteiger partial charge in [-0.2, -0.15) is 0 Å². The quantitative estimate of drug-likeness (QED) is 0.397. The Labute approximate surface area is 195 Å². The molecule has 0 aliphatic rings. The number of pyridine rings is 1. The predicted octanol–water partition coefficient (Wildman–Crippen LogP) is 4.58. The first-order valence-corrected chi connectivity index (χ1v) is 11.6. The zero-order chi connectivity index (χ0) is 23.8. The Morgan fingerprint density at radius 1 is 0.788 bits per heavy atom. The first-order chi connectivity index (χ1) is 15.8. The molecule has 9 heteroatoms. The van der Waals surface area contributed by atoms with E-state index in [1.165, 1.54) is 63.8 Å². The minimum atomic E-state index is -4.17. The molecule has 0 spiro atoms. The van der Waals surface area contributed by atoms with Gasteiger partial charge in [0.15, 0.2) is 5.43 Å². The second-order valence-electron chi connectivity index (χ2n) is 7.07. The van der Waals surface area contributed by atoms with Crippen LogP contribution in [0.1, 0.15) is 0 Å². The lowest BCUT2D eigenvalue weighted by Crippen LogP contribution is -2.20. The molecule has 0 unspecified atom stereocenters. The molecule has 0 aliphatic heterocycles. The van der Waals surface area contributed by atoms with Crippen molar-refractivity contribution in [1.82, 2.24) is 3.97 Å². The molecule has 4 aromatic rings. The minimum absolute atomic E-state index is 0.00778. The molecule has 1 heterocycles. The third-order valence-electron chi connectivity index (χ3n) is 5.20. The number of halogens is 1. The van der Waals surface area contributed by atoms with Gasteiger partial charge in [-0.05, 0) is 54.1 Å². The van der Waals surface area contributed by atoms with Gasteiger partial charge in [0.2, 0.25) is 0 Å². The molecule has 0 bridgehead atoms. The normalized spacial score (nSPS) is 11.4. The SMILES string of the molecule is COc1ccc(-c2cc(=O)c3c(OC)cc(OC)cc3n2S(=O)(=O)c2ccc(Cl)cc2)cc1. The maximum atomic E-state index is 13.9. The second kappa shape index (κ2) is 8.80. The number of nitrogens with zero attached hydrogens (tertiary/aromatic N) is 1. The summed E-state index contributed by atoms with van der Waals surface area (Å²) in [5, 5.41) is 0.519. The Hall–Kier alpha value is -3.49. The van der Waals surface area contributed by atoms with Gasteiger partial charge in [-0.15, -0.1) is 0 Å². The minimum Gasteiger partial charge on any atom is -0.497 e. The van der Waals surface area contributed by atoms with Crippen molar-refractivity contribution in [2.45, 2.75) is 4.90 Å². The Morgan fingerprint density at radius 3 is 2.00 bits per heavy atom. The van der Waals surface area contributed by atoms with Gasteiger partial charge in [-0.3, -0.25) is 4.79 Å². The van der Waals surface area contributed by atoms with Gasteiger partial charge in [0.25, 0.3) is 10.0 Å². The van der Waals surface area contributed by atoms with Gasteiger partial charge in [0.05, 0.1) is 42.8 Å². The Bertz CT molecular complexity index is 1490. The van der Waals surface area contributed by atoms with Gasteiger partial charge in [-0.25, -0.2) is 12.4 Å². The van der Waals surface area contributed by atoms with Crippen molar-refractivity contribution in [2.75, 3.05) is 21.3 Å². The summed E-state index contributed by atoms with van der Waals surface area (Å²) in [4.78, 5) is 13.2. The van der Waals surface area contributed by atoms with Crippen LogP contribution in [0.5, 0.6) is 17.2 Å². The van der Waals surface area contributed by atoms with Crippen LogP contribution >= 0.6 is 11.6 Å². The second-order valence-corrected chi connectivity index (χ2v) is 9.29. The number of fused-ring (bicyclic) bond motifs is 1. The molecule has 3 aromatic carbocycles. The molecular weight excluding hydrogens is 466 g/mol. The van der Waals surface area contributed by atoms with E-state index in [4.69, 9.17) is 25.8 Å². The Kier molecular flexibility index (Phi) is 6.05. The largest absolute Gasteiger partial charge is 0.497 e. The number of ether oxygens (including phenoxy) is 3. The number of benzene rings is 3. The van der Waals surface area contributed by atoms with E-state index < -0.39 is 15.5 Å². The zero-order valence-electron chi connectivity index (χ0n) is 18.0. The van der Waals surface area contributed by atoms with Crippen LogP contribution in [0.3, 0.4) is 0 Å². The number of hydrogen-bond donors (Lipinski definition) is 0. The third-order valence-corrected chi connectivity index (χ3v) is 7.19. The summed E-state index contributed by atoms with van der Waals surface area (Å²) < 4.78 is 44.9. The van der Waals surface area contributed by atoms with Gasteiger partial charge in [0, 0.05) is 23.2 Å². The topological polar surface area (TPSA) is 83.8 Å². The van der Waals surface area contributed by atoms with Crippen LogP contribution in [-0.4, -0.2) is 33.7 Å². The van der Waals surface area contributed by atoms with E-state index in [-0.39, 0.29) is 27.2 Å². The van der Waals surface area contributed by atoms with E-state index in [9.17, 15) is 13.2 Å². The van der Waals surface area contributed by atoms with Crippen molar-refractivity contribution in [3.05, 3.63) is 82.0 Å². The van der Waals surface area contributed by atoms with Crippen molar-refractivity contribution < 1.29 is 22.6 Å². The molecular formula is C24H20ClNO6S. The van der Waals surface area contributed by atoms with Gasteiger partial charge in [-0.1, -0.05) is 11.6 Å². The lowest BCUT2D eigenvalue weighted by molar-refractivity contribution is 0.397. The van der Waals surface area contributed by atoms with Gasteiger partial charge in [0.1, 0.15) is 17.2 Å². The van der Waals surface area contributed by atoms with Crippen molar-refractivity contribution in [2.24, 2.45) is 0 Å². The number of methoxy groups -OCH3 is 3. The summed E-state index contributed by atoms with van der Waals surface area (Å²) in [6.07, 6.45) is 0. The zero-order valence-corrected chi connectivity index (χ0v) is 19.6. The molecule has 1 aromatic heterocycles. The molecule has 170 valence electrons. The number of aromatic nitrogens is 1. The van der Waals surface area contributed by atoms with Crippen LogP contribution in [0.4, 0.5) is 0 Å². The van der Waals surface area contributed by atoms with Crippen molar-refractivity contribution in [3.8, 4) is 28.5 Å². The molecule has 0 saturated carbocycles. The van der Waals surface area contributed by atoms with E-state index in [0.717, 1.165) is 3.97 Å². The summed E-state index contributed by atoms with van der Waals surface area (Å²) in [5.41, 5.74) is 0.423. The van der Waals surface area contributed by atoms with Crippen molar-refractivity contribution in [1.29, 1.82) is 0 Å². The molecule has 7 nitrogen and oxygen atoms in total. The van der Waals surface area contributed by atoms with Crippen LogP contribution < -0.4 is 19.6 Å². The maximum absolute atomic E-state index is 13.9. The molecule has 4 rings (SSSR count). The maximum Gasteiger partial charge on any atom is 0.268 e. The highest BCUT2D eigenvalue weighted by molar-refractivity contribution is 7.90. The summed E-state index contributed by atoms with van der Waals surface area (Å²) in [5.74, 6) is 1.14. The molecule has 0 radical (unpaired) electrons. The highest BCUT2D eigenvalue weighted by Gasteiger charge is 2.26. The van der Waals surface area contributed by atoms with Crippen molar-refractivity contribution in [3.63, 3.8) is 0 Å². The molecule has 0 saturated heterocycles. The smallest absolute Gasteiger partial charge is 0.268 e.